The zero-order chi connectivity index (χ0) is 16.6. The summed E-state index contributed by atoms with van der Waals surface area (Å²) in [6.45, 7) is 6.67. The van der Waals surface area contributed by atoms with Crippen molar-refractivity contribution < 1.29 is 4.74 Å². The molecule has 0 spiro atoms. The number of likely N-dealkylation sites (tertiary alicyclic amines) is 1. The second-order valence-electron chi connectivity index (χ2n) is 7.60. The van der Waals surface area contributed by atoms with Crippen molar-refractivity contribution in [1.29, 1.82) is 0 Å². The molecule has 2 fully saturated rings. The van der Waals surface area contributed by atoms with Gasteiger partial charge in [-0.05, 0) is 49.7 Å². The number of benzene rings is 1. The van der Waals surface area contributed by atoms with Crippen molar-refractivity contribution in [1.82, 2.24) is 4.90 Å². The van der Waals surface area contributed by atoms with Crippen LogP contribution in [0.2, 0.25) is 0 Å². The smallest absolute Gasteiger partial charge is 0.108 e. The Labute approximate surface area is 147 Å². The topological polar surface area (TPSA) is 12.5 Å². The summed E-state index contributed by atoms with van der Waals surface area (Å²) in [4.78, 5) is 2.66. The summed E-state index contributed by atoms with van der Waals surface area (Å²) >= 11 is 0. The molecule has 130 valence electrons. The second kappa shape index (κ2) is 9.25. The van der Waals surface area contributed by atoms with Crippen molar-refractivity contribution in [2.45, 2.75) is 51.6 Å². The van der Waals surface area contributed by atoms with Crippen LogP contribution in [0.4, 0.5) is 0 Å². The highest BCUT2D eigenvalue weighted by molar-refractivity contribution is 5.33. The van der Waals surface area contributed by atoms with Crippen molar-refractivity contribution >= 4 is 0 Å². The maximum absolute atomic E-state index is 5.96. The minimum absolute atomic E-state index is 0.401. The molecule has 1 saturated heterocycles. The highest BCUT2D eigenvalue weighted by Crippen LogP contribution is 2.29. The molecule has 0 unspecified atom stereocenters. The Morgan fingerprint density at radius 1 is 1.00 bits per heavy atom. The van der Waals surface area contributed by atoms with Gasteiger partial charge in [-0.3, -0.25) is 0 Å². The molecule has 24 heavy (non-hydrogen) atoms. The summed E-state index contributed by atoms with van der Waals surface area (Å²) in [6.07, 6.45) is 8.47. The standard InChI is InChI=1S/C22H31NO/c1-19-9-11-21(12-10-19)18-23-15-13-22(14-16-23)24-17-5-8-20-6-3-2-4-7-20/h2-4,6-7,19,21-22H,9-18H2,1H3. The second-order valence-corrected chi connectivity index (χ2v) is 7.60. The average molecular weight is 325 g/mol. The first kappa shape index (κ1) is 17.5. The normalized spacial score (nSPS) is 25.9. The first-order chi connectivity index (χ1) is 11.8. The third kappa shape index (κ3) is 5.65. The first-order valence-corrected chi connectivity index (χ1v) is 9.67. The van der Waals surface area contributed by atoms with Crippen molar-refractivity contribution in [3.63, 3.8) is 0 Å². The Morgan fingerprint density at radius 2 is 1.71 bits per heavy atom. The largest absolute Gasteiger partial charge is 0.365 e. The van der Waals surface area contributed by atoms with Crippen LogP contribution in [0.3, 0.4) is 0 Å². The first-order valence-electron chi connectivity index (χ1n) is 9.67. The van der Waals surface area contributed by atoms with Crippen LogP contribution in [0.25, 0.3) is 0 Å². The van der Waals surface area contributed by atoms with Crippen molar-refractivity contribution in [3.05, 3.63) is 35.9 Å². The van der Waals surface area contributed by atoms with Crippen LogP contribution in [0.1, 0.15) is 51.0 Å². The average Bonchev–Trinajstić information content (AvgIpc) is 2.63. The van der Waals surface area contributed by atoms with E-state index in [2.05, 4.69) is 23.7 Å². The summed E-state index contributed by atoms with van der Waals surface area (Å²) in [5, 5.41) is 0. The van der Waals surface area contributed by atoms with Gasteiger partial charge in [-0.2, -0.15) is 0 Å². The zero-order valence-corrected chi connectivity index (χ0v) is 15.0. The monoisotopic (exact) mass is 325 g/mol. The van der Waals surface area contributed by atoms with Gasteiger partial charge in [0.05, 0.1) is 6.10 Å². The molecule has 1 aromatic rings. The lowest BCUT2D eigenvalue weighted by molar-refractivity contribution is 0.0188. The molecule has 1 aliphatic carbocycles. The molecule has 1 aromatic carbocycles. The van der Waals surface area contributed by atoms with Crippen molar-refractivity contribution in [3.8, 4) is 11.8 Å². The fourth-order valence-electron chi connectivity index (χ4n) is 3.95. The summed E-state index contributed by atoms with van der Waals surface area (Å²) in [5.74, 6) is 8.21. The highest BCUT2D eigenvalue weighted by Gasteiger charge is 2.24. The molecule has 0 N–H and O–H groups in total. The van der Waals surface area contributed by atoms with Crippen LogP contribution in [0, 0.1) is 23.7 Å². The van der Waals surface area contributed by atoms with Gasteiger partial charge in [0.25, 0.3) is 0 Å². The Balaban J connectivity index is 1.31. The van der Waals surface area contributed by atoms with Crippen molar-refractivity contribution in [2.75, 3.05) is 26.2 Å². The summed E-state index contributed by atoms with van der Waals surface area (Å²) in [7, 11) is 0. The van der Waals surface area contributed by atoms with Gasteiger partial charge in [-0.15, -0.1) is 0 Å². The van der Waals surface area contributed by atoms with E-state index in [9.17, 15) is 0 Å². The lowest BCUT2D eigenvalue weighted by Crippen LogP contribution is -2.40. The molecule has 2 heteroatoms. The molecule has 3 rings (SSSR count). The van der Waals surface area contributed by atoms with Crippen LogP contribution in [0.5, 0.6) is 0 Å². The summed E-state index contributed by atoms with van der Waals surface area (Å²) in [5.41, 5.74) is 1.07. The van der Waals surface area contributed by atoms with Gasteiger partial charge in [0.2, 0.25) is 0 Å². The third-order valence-corrected chi connectivity index (χ3v) is 5.58. The minimum Gasteiger partial charge on any atom is -0.365 e. The fraction of sp³-hybridized carbons (Fsp3) is 0.636. The predicted octanol–water partition coefficient (Wildman–Crippen LogP) is 4.35. The van der Waals surface area contributed by atoms with E-state index in [1.54, 1.807) is 0 Å². The van der Waals surface area contributed by atoms with Gasteiger partial charge in [-0.1, -0.05) is 49.8 Å². The molecule has 2 aliphatic rings. The molecule has 0 aromatic heterocycles. The van der Waals surface area contributed by atoms with E-state index < -0.39 is 0 Å². The van der Waals surface area contributed by atoms with E-state index in [4.69, 9.17) is 4.74 Å². The van der Waals surface area contributed by atoms with Crippen LogP contribution in [-0.4, -0.2) is 37.2 Å². The van der Waals surface area contributed by atoms with E-state index in [0.717, 1.165) is 30.2 Å². The van der Waals surface area contributed by atoms with E-state index in [1.165, 1.54) is 45.3 Å². The Morgan fingerprint density at radius 3 is 2.42 bits per heavy atom. The van der Waals surface area contributed by atoms with E-state index in [-0.39, 0.29) is 0 Å². The molecule has 0 bridgehead atoms. The fourth-order valence-corrected chi connectivity index (χ4v) is 3.95. The van der Waals surface area contributed by atoms with Gasteiger partial charge in [-0.25, -0.2) is 0 Å². The van der Waals surface area contributed by atoms with Gasteiger partial charge >= 0.3 is 0 Å². The maximum Gasteiger partial charge on any atom is 0.108 e. The zero-order valence-electron chi connectivity index (χ0n) is 15.0. The van der Waals surface area contributed by atoms with Gasteiger partial charge in [0.1, 0.15) is 6.61 Å². The van der Waals surface area contributed by atoms with Crippen LogP contribution in [-0.2, 0) is 4.74 Å². The van der Waals surface area contributed by atoms with Crippen LogP contribution < -0.4 is 0 Å². The highest BCUT2D eigenvalue weighted by atomic mass is 16.5. The molecular formula is C22H31NO. The number of piperidine rings is 1. The van der Waals surface area contributed by atoms with Gasteiger partial charge in [0, 0.05) is 25.2 Å². The van der Waals surface area contributed by atoms with E-state index in [1.807, 2.05) is 30.3 Å². The summed E-state index contributed by atoms with van der Waals surface area (Å²) < 4.78 is 5.96. The van der Waals surface area contributed by atoms with E-state index >= 15 is 0 Å². The van der Waals surface area contributed by atoms with E-state index in [0.29, 0.717) is 12.7 Å². The minimum atomic E-state index is 0.401. The number of hydrogen-bond acceptors (Lipinski definition) is 2. The number of ether oxygens (including phenoxy) is 1. The predicted molar refractivity (Wildman–Crippen MR) is 99.9 cm³/mol. The number of nitrogens with zero attached hydrogens (tertiary/aromatic N) is 1. The van der Waals surface area contributed by atoms with Crippen LogP contribution >= 0.6 is 0 Å². The number of rotatable bonds is 4. The van der Waals surface area contributed by atoms with Crippen LogP contribution in [0.15, 0.2) is 30.3 Å². The molecule has 0 radical (unpaired) electrons. The molecule has 0 amide bonds. The molecule has 2 nitrogen and oxygen atoms in total. The van der Waals surface area contributed by atoms with Gasteiger partial charge < -0.3 is 9.64 Å². The lowest BCUT2D eigenvalue weighted by Gasteiger charge is -2.36. The molecule has 1 aliphatic heterocycles. The Bertz CT molecular complexity index is 528. The molecule has 1 saturated carbocycles. The molecular weight excluding hydrogens is 294 g/mol. The van der Waals surface area contributed by atoms with Crippen molar-refractivity contribution in [2.24, 2.45) is 11.8 Å². The Kier molecular flexibility index (Phi) is 6.75. The number of hydrogen-bond donors (Lipinski definition) is 0. The molecule has 1 heterocycles. The molecule has 0 atom stereocenters. The Hall–Kier alpha value is -1.30. The lowest BCUT2D eigenvalue weighted by atomic mass is 9.82. The van der Waals surface area contributed by atoms with Gasteiger partial charge in [0.15, 0.2) is 0 Å². The third-order valence-electron chi connectivity index (χ3n) is 5.58. The maximum atomic E-state index is 5.96. The summed E-state index contributed by atoms with van der Waals surface area (Å²) in [6, 6.07) is 10.1. The quantitative estimate of drug-likeness (QED) is 0.763. The SMILES string of the molecule is CC1CCC(CN2CCC(OCC#Cc3ccccc3)CC2)CC1.